The highest BCUT2D eigenvalue weighted by molar-refractivity contribution is 7.17. The molecule has 3 nitrogen and oxygen atoms in total. The zero-order chi connectivity index (χ0) is 10.8. The molecule has 0 bridgehead atoms. The third kappa shape index (κ3) is 6.26. The van der Waals surface area contributed by atoms with Crippen LogP contribution in [0.25, 0.3) is 10.4 Å². The van der Waals surface area contributed by atoms with Crippen LogP contribution in [0.5, 0.6) is 0 Å². The van der Waals surface area contributed by atoms with Gasteiger partial charge in [-0.2, -0.15) is 0 Å². The van der Waals surface area contributed by atoms with E-state index in [2.05, 4.69) is 25.5 Å². The number of rotatable bonds is 2. The van der Waals surface area contributed by atoms with Gasteiger partial charge >= 0.3 is 0 Å². The molecule has 0 unspecified atom stereocenters. The van der Waals surface area contributed by atoms with Crippen molar-refractivity contribution in [2.24, 2.45) is 5.11 Å². The van der Waals surface area contributed by atoms with Crippen LogP contribution in [0.2, 0.25) is 0 Å². The highest BCUT2D eigenvalue weighted by atomic mass is 15.1. The van der Waals surface area contributed by atoms with E-state index in [1.807, 2.05) is 31.2 Å². The molecule has 1 rings (SSSR count). The topological polar surface area (TPSA) is 48.8 Å². The minimum absolute atomic E-state index is 0.441. The molecule has 0 aliphatic carbocycles. The zero-order valence-electron chi connectivity index (χ0n) is 8.09. The molecule has 0 aliphatic heterocycles. The van der Waals surface area contributed by atoms with E-state index >= 15 is 0 Å². The van der Waals surface area contributed by atoms with Crippen LogP contribution in [-0.4, -0.2) is 22.5 Å². The molecule has 6 heteroatoms. The first-order chi connectivity index (χ1) is 6.74. The first-order valence-electron chi connectivity index (χ1n) is 4.06. The maximum absolute atomic E-state index is 8.04. The van der Waals surface area contributed by atoms with Gasteiger partial charge in [0, 0.05) is 27.4 Å². The van der Waals surface area contributed by atoms with Crippen molar-refractivity contribution in [3.05, 3.63) is 45.8 Å². The van der Waals surface area contributed by atoms with Gasteiger partial charge in [0.25, 0.3) is 0 Å². The highest BCUT2D eigenvalue weighted by Crippen LogP contribution is 2.03. The molecule has 0 aromatic heterocycles. The molecule has 14 heavy (non-hydrogen) atoms. The van der Waals surface area contributed by atoms with Crippen LogP contribution in [0.1, 0.15) is 11.1 Å². The molecular formula is C8H9B3N3. The Morgan fingerprint density at radius 3 is 2.29 bits per heavy atom. The van der Waals surface area contributed by atoms with E-state index in [4.69, 9.17) is 5.53 Å². The van der Waals surface area contributed by atoms with Crippen molar-refractivity contribution >= 4 is 22.5 Å². The Kier molecular flexibility index (Phi) is 7.57. The number of nitrogens with zero attached hydrogens (tertiary/aromatic N) is 3. The van der Waals surface area contributed by atoms with Crippen LogP contribution >= 0.6 is 0 Å². The van der Waals surface area contributed by atoms with Gasteiger partial charge in [0.15, 0.2) is 0 Å². The summed E-state index contributed by atoms with van der Waals surface area (Å²) < 4.78 is 0. The summed E-state index contributed by atoms with van der Waals surface area (Å²) in [6.07, 6.45) is 0. The molecule has 0 spiro atoms. The number of hydrogen-bond acceptors (Lipinski definition) is 1. The van der Waals surface area contributed by atoms with Crippen molar-refractivity contribution in [1.82, 2.24) is 0 Å². The molecule has 65 valence electrons. The average Bonchev–Trinajstić information content (AvgIpc) is 2.18. The number of hydrogen-bond donors (Lipinski definition) is 0. The summed E-state index contributed by atoms with van der Waals surface area (Å²) >= 11 is 0. The van der Waals surface area contributed by atoms with E-state index in [9.17, 15) is 0 Å². The second kappa shape index (κ2) is 8.33. The van der Waals surface area contributed by atoms with E-state index in [0.717, 1.165) is 12.6 Å². The summed E-state index contributed by atoms with van der Waals surface area (Å²) in [5.41, 5.74) is 10.3. The minimum Gasteiger partial charge on any atom is -0.0893 e. The third-order valence-electron chi connectivity index (χ3n) is 1.44. The molecule has 0 atom stereocenters. The normalized spacial score (nSPS) is 7.79. The van der Waals surface area contributed by atoms with Gasteiger partial charge in [-0.1, -0.05) is 34.9 Å². The lowest BCUT2D eigenvalue weighted by Crippen LogP contribution is -1.79. The molecule has 0 aliphatic rings. The number of azide groups is 1. The van der Waals surface area contributed by atoms with Gasteiger partial charge in [0.2, 0.25) is 0 Å². The first kappa shape index (κ1) is 12.7. The van der Waals surface area contributed by atoms with E-state index in [-0.39, 0.29) is 0 Å². The number of aryl methyl sites for hydroxylation is 1. The fraction of sp³-hybridized carbons (Fsp3) is 0.250. The predicted molar refractivity (Wildman–Crippen MR) is 61.3 cm³/mol. The zero-order valence-corrected chi connectivity index (χ0v) is 8.09. The summed E-state index contributed by atoms with van der Waals surface area (Å²) in [6.45, 7) is 2.47. The van der Waals surface area contributed by atoms with E-state index < -0.39 is 0 Å². The molecule has 0 fully saturated rings. The Balaban J connectivity index is 0.000000500. The van der Waals surface area contributed by atoms with E-state index in [1.54, 1.807) is 0 Å². The fourth-order valence-corrected chi connectivity index (χ4v) is 0.807. The largest absolute Gasteiger partial charge is 0.0893 e. The summed E-state index contributed by atoms with van der Waals surface area (Å²) in [4.78, 5) is 2.68. The van der Waals surface area contributed by atoms with Crippen LogP contribution in [0.3, 0.4) is 0 Å². The minimum atomic E-state index is 0.441. The Morgan fingerprint density at radius 2 is 1.86 bits per heavy atom. The molecule has 1 aromatic rings. The standard InChI is InChI=1S/C8H9N3.B3/c1-7-2-4-8(5-3-7)6-10-11-9;1-3-2/h2-5H,6H2,1H3;. The lowest BCUT2D eigenvalue weighted by molar-refractivity contribution is 1.05. The molecule has 1 aromatic carbocycles. The van der Waals surface area contributed by atoms with Crippen LogP contribution in [0.15, 0.2) is 29.4 Å². The monoisotopic (exact) mass is 180 g/mol. The van der Waals surface area contributed by atoms with Crippen molar-refractivity contribution in [2.75, 3.05) is 0 Å². The van der Waals surface area contributed by atoms with Crippen molar-refractivity contribution in [3.63, 3.8) is 0 Å². The van der Waals surface area contributed by atoms with Gasteiger partial charge in [-0.3, -0.25) is 0 Å². The maximum Gasteiger partial charge on any atom is 0.0510 e. The van der Waals surface area contributed by atoms with Gasteiger partial charge in [-0.05, 0) is 18.0 Å². The van der Waals surface area contributed by atoms with Crippen LogP contribution < -0.4 is 0 Å². The highest BCUT2D eigenvalue weighted by Gasteiger charge is 1.87. The quantitative estimate of drug-likeness (QED) is 0.287. The van der Waals surface area contributed by atoms with Crippen molar-refractivity contribution in [2.45, 2.75) is 13.5 Å². The molecule has 0 N–H and O–H groups in total. The van der Waals surface area contributed by atoms with Gasteiger partial charge in [-0.25, -0.2) is 0 Å². The summed E-state index contributed by atoms with van der Waals surface area (Å²) in [5.74, 6) is 0. The lowest BCUT2D eigenvalue weighted by atomic mass is 9.40. The van der Waals surface area contributed by atoms with Gasteiger partial charge in [0.05, 0.1) is 6.54 Å². The van der Waals surface area contributed by atoms with E-state index in [0.29, 0.717) is 6.54 Å². The lowest BCUT2D eigenvalue weighted by Gasteiger charge is -1.94. The second-order valence-electron chi connectivity index (χ2n) is 2.57. The molecule has 5 radical (unpaired) electrons. The molecule has 0 saturated heterocycles. The second-order valence-corrected chi connectivity index (χ2v) is 2.57. The van der Waals surface area contributed by atoms with E-state index in [1.165, 1.54) is 5.56 Å². The Bertz CT molecular complexity index is 293. The first-order valence-corrected chi connectivity index (χ1v) is 4.06. The van der Waals surface area contributed by atoms with Crippen LogP contribution in [0.4, 0.5) is 0 Å². The molecule has 0 saturated carbocycles. The number of benzene rings is 1. The SMILES string of the molecule is Cc1ccc(CN=[N+]=[N-])cc1.[B][B][B]. The third-order valence-corrected chi connectivity index (χ3v) is 1.44. The van der Waals surface area contributed by atoms with Crippen molar-refractivity contribution in [3.8, 4) is 0 Å². The molecule has 0 heterocycles. The fourth-order valence-electron chi connectivity index (χ4n) is 0.807. The average molecular weight is 180 g/mol. The van der Waals surface area contributed by atoms with Crippen molar-refractivity contribution in [1.29, 1.82) is 0 Å². The summed E-state index contributed by atoms with van der Waals surface area (Å²) in [5, 5.41) is 3.45. The maximum atomic E-state index is 8.04. The Labute approximate surface area is 87.6 Å². The van der Waals surface area contributed by atoms with Gasteiger partial charge in [-0.15, -0.1) is 0 Å². The summed E-state index contributed by atoms with van der Waals surface area (Å²) in [7, 11) is 10.0. The van der Waals surface area contributed by atoms with Gasteiger partial charge < -0.3 is 0 Å². The van der Waals surface area contributed by atoms with Crippen molar-refractivity contribution < 1.29 is 0 Å². The Morgan fingerprint density at radius 1 is 1.36 bits per heavy atom. The molecular weight excluding hydrogens is 171 g/mol. The van der Waals surface area contributed by atoms with Gasteiger partial charge in [0.1, 0.15) is 0 Å². The van der Waals surface area contributed by atoms with Crippen LogP contribution in [0, 0.1) is 6.92 Å². The van der Waals surface area contributed by atoms with Crippen LogP contribution in [-0.2, 0) is 6.54 Å². The predicted octanol–water partition coefficient (Wildman–Crippen LogP) is 1.66. The summed E-state index contributed by atoms with van der Waals surface area (Å²) in [6, 6.07) is 7.93. The molecule has 0 amide bonds. The Hall–Kier alpha value is -1.28. The smallest absolute Gasteiger partial charge is 0.0510 e.